The first kappa shape index (κ1) is 15.3. The third kappa shape index (κ3) is 4.72. The molecule has 2 rings (SSSR count). The lowest BCUT2D eigenvalue weighted by molar-refractivity contribution is -0.113. The quantitative estimate of drug-likeness (QED) is 0.802. The molecule has 2 aromatic carbocycles. The number of benzene rings is 2. The molecular weight excluding hydrogens is 286 g/mol. The van der Waals surface area contributed by atoms with E-state index in [-0.39, 0.29) is 17.4 Å². The van der Waals surface area contributed by atoms with Gasteiger partial charge in [0.1, 0.15) is 11.5 Å². The second kappa shape index (κ2) is 7.59. The number of ether oxygens (including phenoxy) is 1. The van der Waals surface area contributed by atoms with E-state index in [9.17, 15) is 9.90 Å². The van der Waals surface area contributed by atoms with Crippen LogP contribution >= 0.6 is 11.8 Å². The maximum absolute atomic E-state index is 11.9. The molecule has 0 aliphatic heterocycles. The number of aromatic hydroxyl groups is 1. The summed E-state index contributed by atoms with van der Waals surface area (Å²) in [5.41, 5.74) is 0.723. The molecule has 0 saturated carbocycles. The second-order valence-electron chi connectivity index (χ2n) is 4.26. The zero-order chi connectivity index (χ0) is 15.1. The van der Waals surface area contributed by atoms with Crippen molar-refractivity contribution in [1.29, 1.82) is 0 Å². The maximum Gasteiger partial charge on any atom is 0.234 e. The molecule has 0 unspecified atom stereocenters. The fourth-order valence-corrected chi connectivity index (χ4v) is 2.47. The van der Waals surface area contributed by atoms with Crippen LogP contribution in [0, 0.1) is 0 Å². The summed E-state index contributed by atoms with van der Waals surface area (Å²) in [6.45, 7) is 2.54. The number of phenols is 1. The number of hydrogen-bond acceptors (Lipinski definition) is 4. The summed E-state index contributed by atoms with van der Waals surface area (Å²) in [5.74, 6) is 1.09. The highest BCUT2D eigenvalue weighted by atomic mass is 32.2. The van der Waals surface area contributed by atoms with Crippen molar-refractivity contribution in [3.63, 3.8) is 0 Å². The third-order valence-corrected chi connectivity index (χ3v) is 3.74. The molecule has 5 heteroatoms. The minimum Gasteiger partial charge on any atom is -0.507 e. The first-order valence-electron chi connectivity index (χ1n) is 6.62. The zero-order valence-corrected chi connectivity index (χ0v) is 12.5. The predicted octanol–water partition coefficient (Wildman–Crippen LogP) is 3.52. The fourth-order valence-electron chi connectivity index (χ4n) is 1.72. The van der Waals surface area contributed by atoms with Crippen LogP contribution in [0.3, 0.4) is 0 Å². The first-order chi connectivity index (χ1) is 10.2. The maximum atomic E-state index is 11.9. The fraction of sp³-hybridized carbons (Fsp3) is 0.188. The summed E-state index contributed by atoms with van der Waals surface area (Å²) >= 11 is 1.30. The second-order valence-corrected chi connectivity index (χ2v) is 5.28. The molecule has 2 aromatic rings. The van der Waals surface area contributed by atoms with Gasteiger partial charge >= 0.3 is 0 Å². The molecule has 21 heavy (non-hydrogen) atoms. The first-order valence-corrected chi connectivity index (χ1v) is 7.61. The summed E-state index contributed by atoms with van der Waals surface area (Å²) in [6.07, 6.45) is 0. The highest BCUT2D eigenvalue weighted by Gasteiger charge is 2.06. The summed E-state index contributed by atoms with van der Waals surface area (Å²) in [5, 5.41) is 12.4. The number of thioether (sulfide) groups is 1. The molecular formula is C16H17NO3S. The Balaban J connectivity index is 1.85. The van der Waals surface area contributed by atoms with Crippen molar-refractivity contribution in [1.82, 2.24) is 0 Å². The van der Waals surface area contributed by atoms with Gasteiger partial charge in [-0.3, -0.25) is 4.79 Å². The van der Waals surface area contributed by atoms with Gasteiger partial charge in [-0.25, -0.2) is 0 Å². The van der Waals surface area contributed by atoms with Crippen molar-refractivity contribution in [3.8, 4) is 11.5 Å². The summed E-state index contributed by atoms with van der Waals surface area (Å²) in [7, 11) is 0. The van der Waals surface area contributed by atoms with Crippen LogP contribution in [-0.2, 0) is 4.79 Å². The molecule has 1 amide bonds. The van der Waals surface area contributed by atoms with Crippen molar-refractivity contribution < 1.29 is 14.6 Å². The van der Waals surface area contributed by atoms with Gasteiger partial charge in [-0.2, -0.15) is 0 Å². The van der Waals surface area contributed by atoms with E-state index in [0.29, 0.717) is 11.5 Å². The Bertz CT molecular complexity index is 599. The number of anilines is 1. The van der Waals surface area contributed by atoms with Gasteiger partial charge < -0.3 is 15.2 Å². The Morgan fingerprint density at radius 1 is 1.19 bits per heavy atom. The topological polar surface area (TPSA) is 58.6 Å². The van der Waals surface area contributed by atoms with Crippen LogP contribution in [0.1, 0.15) is 6.92 Å². The van der Waals surface area contributed by atoms with Gasteiger partial charge in [0.15, 0.2) is 0 Å². The molecule has 0 heterocycles. The lowest BCUT2D eigenvalue weighted by Gasteiger charge is -2.07. The Labute approximate surface area is 128 Å². The van der Waals surface area contributed by atoms with Crippen LogP contribution in [-0.4, -0.2) is 23.4 Å². The van der Waals surface area contributed by atoms with Gasteiger partial charge in [0, 0.05) is 10.6 Å². The van der Waals surface area contributed by atoms with Crippen molar-refractivity contribution in [2.24, 2.45) is 0 Å². The van der Waals surface area contributed by atoms with Gasteiger partial charge in [-0.1, -0.05) is 12.1 Å². The summed E-state index contributed by atoms with van der Waals surface area (Å²) < 4.78 is 5.34. The zero-order valence-electron chi connectivity index (χ0n) is 11.7. The number of carbonyl (C=O) groups excluding carboxylic acids is 1. The summed E-state index contributed by atoms with van der Waals surface area (Å²) in [4.78, 5) is 12.6. The van der Waals surface area contributed by atoms with Crippen molar-refractivity contribution >= 4 is 23.4 Å². The van der Waals surface area contributed by atoms with Gasteiger partial charge in [0.25, 0.3) is 0 Å². The molecule has 4 nitrogen and oxygen atoms in total. The number of hydrogen-bond donors (Lipinski definition) is 2. The number of phenolic OH excluding ortho intramolecular Hbond substituents is 1. The molecule has 0 spiro atoms. The summed E-state index contributed by atoms with van der Waals surface area (Å²) in [6, 6.07) is 14.2. The van der Waals surface area contributed by atoms with Crippen LogP contribution in [0.4, 0.5) is 5.69 Å². The van der Waals surface area contributed by atoms with E-state index in [4.69, 9.17) is 4.74 Å². The van der Waals surface area contributed by atoms with Crippen molar-refractivity contribution in [3.05, 3.63) is 48.5 Å². The molecule has 0 aromatic heterocycles. The van der Waals surface area contributed by atoms with E-state index in [0.717, 1.165) is 11.4 Å². The molecule has 0 atom stereocenters. The third-order valence-electron chi connectivity index (χ3n) is 2.67. The average Bonchev–Trinajstić information content (AvgIpc) is 2.49. The molecule has 0 bridgehead atoms. The number of para-hydroxylation sites is 1. The molecule has 110 valence electrons. The predicted molar refractivity (Wildman–Crippen MR) is 85.1 cm³/mol. The lowest BCUT2D eigenvalue weighted by Crippen LogP contribution is -2.13. The molecule has 0 aliphatic carbocycles. The Hall–Kier alpha value is -2.14. The van der Waals surface area contributed by atoms with Crippen LogP contribution in [0.15, 0.2) is 53.4 Å². The minimum absolute atomic E-state index is 0.118. The van der Waals surface area contributed by atoms with Gasteiger partial charge in [-0.15, -0.1) is 11.8 Å². The number of carbonyl (C=O) groups is 1. The van der Waals surface area contributed by atoms with E-state index in [1.165, 1.54) is 11.8 Å². The smallest absolute Gasteiger partial charge is 0.234 e. The van der Waals surface area contributed by atoms with Crippen LogP contribution in [0.5, 0.6) is 11.5 Å². The van der Waals surface area contributed by atoms with E-state index in [1.807, 2.05) is 25.1 Å². The standard InChI is InChI=1S/C16H17NO3S/c1-2-20-13-9-7-12(8-10-13)17-16(19)11-21-15-6-4-3-5-14(15)18/h3-10,18H,2,11H2,1H3,(H,17,19). The van der Waals surface area contributed by atoms with Gasteiger partial charge in [0.2, 0.25) is 5.91 Å². The molecule has 0 aliphatic rings. The number of rotatable bonds is 6. The highest BCUT2D eigenvalue weighted by Crippen LogP contribution is 2.27. The minimum atomic E-state index is -0.118. The Morgan fingerprint density at radius 3 is 2.57 bits per heavy atom. The largest absolute Gasteiger partial charge is 0.507 e. The number of amides is 1. The molecule has 2 N–H and O–H groups in total. The van der Waals surface area contributed by atoms with Crippen molar-refractivity contribution in [2.75, 3.05) is 17.7 Å². The number of nitrogens with one attached hydrogen (secondary N) is 1. The van der Waals surface area contributed by atoms with E-state index in [1.54, 1.807) is 30.3 Å². The lowest BCUT2D eigenvalue weighted by atomic mass is 10.3. The molecule has 0 radical (unpaired) electrons. The van der Waals surface area contributed by atoms with Crippen LogP contribution in [0.25, 0.3) is 0 Å². The van der Waals surface area contributed by atoms with E-state index < -0.39 is 0 Å². The average molecular weight is 303 g/mol. The Kier molecular flexibility index (Phi) is 5.51. The van der Waals surface area contributed by atoms with Crippen LogP contribution < -0.4 is 10.1 Å². The molecule has 0 fully saturated rings. The van der Waals surface area contributed by atoms with E-state index >= 15 is 0 Å². The highest BCUT2D eigenvalue weighted by molar-refractivity contribution is 8.00. The van der Waals surface area contributed by atoms with Gasteiger partial charge in [0.05, 0.1) is 12.4 Å². The van der Waals surface area contributed by atoms with Crippen molar-refractivity contribution in [2.45, 2.75) is 11.8 Å². The molecule has 0 saturated heterocycles. The van der Waals surface area contributed by atoms with Crippen LogP contribution in [0.2, 0.25) is 0 Å². The monoisotopic (exact) mass is 303 g/mol. The van der Waals surface area contributed by atoms with Gasteiger partial charge in [-0.05, 0) is 43.3 Å². The Morgan fingerprint density at radius 2 is 1.90 bits per heavy atom. The van der Waals surface area contributed by atoms with E-state index in [2.05, 4.69) is 5.32 Å². The normalized spacial score (nSPS) is 10.1. The SMILES string of the molecule is CCOc1ccc(NC(=O)CSc2ccccc2O)cc1.